The Labute approximate surface area is 92.4 Å². The molecule has 0 radical (unpaired) electrons. The van der Waals surface area contributed by atoms with Gasteiger partial charge in [0.25, 0.3) is 0 Å². The largest absolute Gasteiger partial charge is 0.330 e. The molecule has 0 unspecified atom stereocenters. The van der Waals surface area contributed by atoms with Crippen LogP contribution in [0.4, 0.5) is 0 Å². The fourth-order valence-corrected chi connectivity index (χ4v) is 3.84. The lowest BCUT2D eigenvalue weighted by atomic mass is 10.2. The van der Waals surface area contributed by atoms with Crippen LogP contribution in [0, 0.1) is 0 Å². The fourth-order valence-electron chi connectivity index (χ4n) is 1.45. The van der Waals surface area contributed by atoms with Crippen LogP contribution in [0.5, 0.6) is 0 Å². The lowest BCUT2D eigenvalue weighted by Gasteiger charge is -2.25. The Morgan fingerprint density at radius 3 is 2.64 bits per heavy atom. The van der Waals surface area contributed by atoms with E-state index in [1.54, 1.807) is 0 Å². The van der Waals surface area contributed by atoms with Gasteiger partial charge in [-0.2, -0.15) is 0 Å². The van der Waals surface area contributed by atoms with Gasteiger partial charge >= 0.3 is 0 Å². The number of rotatable bonds is 3. The molecule has 0 spiro atoms. The standard InChI is InChI=1S/C10H12N2S2/c11-5-4-10(13-7-8-14-10)9-3-1-2-6-12-9/h1-3,6-8H,4-5,11H2. The molecule has 0 aromatic carbocycles. The van der Waals surface area contributed by atoms with Gasteiger partial charge in [0.15, 0.2) is 0 Å². The van der Waals surface area contributed by atoms with Crippen molar-refractivity contribution >= 4 is 23.5 Å². The summed E-state index contributed by atoms with van der Waals surface area (Å²) >= 11 is 3.61. The van der Waals surface area contributed by atoms with E-state index < -0.39 is 0 Å². The van der Waals surface area contributed by atoms with E-state index in [0.29, 0.717) is 6.54 Å². The summed E-state index contributed by atoms with van der Waals surface area (Å²) in [5.41, 5.74) is 6.76. The molecule has 1 aliphatic rings. The molecular formula is C10H12N2S2. The number of aromatic nitrogens is 1. The highest BCUT2D eigenvalue weighted by Crippen LogP contribution is 2.53. The first-order chi connectivity index (χ1) is 6.87. The number of thioether (sulfide) groups is 2. The normalized spacial score (nSPS) is 18.6. The van der Waals surface area contributed by atoms with Crippen molar-refractivity contribution in [1.82, 2.24) is 4.98 Å². The predicted octanol–water partition coefficient (Wildman–Crippen LogP) is 2.53. The number of pyridine rings is 1. The molecule has 74 valence electrons. The lowest BCUT2D eigenvalue weighted by Crippen LogP contribution is -2.20. The summed E-state index contributed by atoms with van der Waals surface area (Å²) in [6.07, 6.45) is 2.79. The van der Waals surface area contributed by atoms with Crippen LogP contribution in [0.2, 0.25) is 0 Å². The van der Waals surface area contributed by atoms with Crippen LogP contribution >= 0.6 is 23.5 Å². The summed E-state index contributed by atoms with van der Waals surface area (Å²) < 4.78 is 0.0238. The van der Waals surface area contributed by atoms with Gasteiger partial charge in [-0.25, -0.2) is 0 Å². The van der Waals surface area contributed by atoms with E-state index in [0.717, 1.165) is 12.1 Å². The molecule has 1 aromatic heterocycles. The summed E-state index contributed by atoms with van der Waals surface area (Å²) in [7, 11) is 0. The first-order valence-electron chi connectivity index (χ1n) is 4.50. The van der Waals surface area contributed by atoms with Crippen molar-refractivity contribution in [2.75, 3.05) is 6.54 Å². The number of nitrogens with zero attached hydrogens (tertiary/aromatic N) is 1. The maximum Gasteiger partial charge on any atom is 0.112 e. The maximum absolute atomic E-state index is 5.65. The van der Waals surface area contributed by atoms with E-state index >= 15 is 0 Å². The third-order valence-corrected chi connectivity index (χ3v) is 4.98. The Bertz CT molecular complexity index is 316. The molecule has 2 N–H and O–H groups in total. The van der Waals surface area contributed by atoms with Crippen molar-refractivity contribution in [1.29, 1.82) is 0 Å². The highest BCUT2D eigenvalue weighted by atomic mass is 32.2. The van der Waals surface area contributed by atoms with Gasteiger partial charge in [0.1, 0.15) is 4.08 Å². The lowest BCUT2D eigenvalue weighted by molar-refractivity contribution is 0.750. The smallest absolute Gasteiger partial charge is 0.112 e. The molecular weight excluding hydrogens is 212 g/mol. The van der Waals surface area contributed by atoms with Crippen molar-refractivity contribution < 1.29 is 0 Å². The second-order valence-corrected chi connectivity index (χ2v) is 5.68. The van der Waals surface area contributed by atoms with Crippen molar-refractivity contribution in [3.05, 3.63) is 40.9 Å². The molecule has 2 heterocycles. The molecule has 0 atom stereocenters. The Morgan fingerprint density at radius 1 is 1.29 bits per heavy atom. The number of nitrogens with two attached hydrogens (primary N) is 1. The van der Waals surface area contributed by atoms with Crippen molar-refractivity contribution in [3.8, 4) is 0 Å². The first-order valence-corrected chi connectivity index (χ1v) is 6.25. The highest BCUT2D eigenvalue weighted by Gasteiger charge is 2.35. The van der Waals surface area contributed by atoms with Gasteiger partial charge in [0.2, 0.25) is 0 Å². The molecule has 1 aliphatic heterocycles. The maximum atomic E-state index is 5.65. The van der Waals surface area contributed by atoms with E-state index in [2.05, 4.69) is 21.9 Å². The minimum atomic E-state index is 0.0238. The minimum absolute atomic E-state index is 0.0238. The molecule has 2 rings (SSSR count). The fraction of sp³-hybridized carbons (Fsp3) is 0.300. The molecule has 0 saturated heterocycles. The van der Waals surface area contributed by atoms with E-state index in [-0.39, 0.29) is 4.08 Å². The Kier molecular flexibility index (Phi) is 3.15. The second kappa shape index (κ2) is 4.38. The van der Waals surface area contributed by atoms with Gasteiger partial charge in [0, 0.05) is 6.20 Å². The van der Waals surface area contributed by atoms with E-state index in [4.69, 9.17) is 5.73 Å². The van der Waals surface area contributed by atoms with Gasteiger partial charge in [-0.1, -0.05) is 6.07 Å². The van der Waals surface area contributed by atoms with Gasteiger partial charge in [0.05, 0.1) is 5.69 Å². The Hall–Kier alpha value is -0.450. The molecule has 0 saturated carbocycles. The topological polar surface area (TPSA) is 38.9 Å². The molecule has 0 bridgehead atoms. The molecule has 4 heteroatoms. The van der Waals surface area contributed by atoms with E-state index in [9.17, 15) is 0 Å². The third-order valence-electron chi connectivity index (χ3n) is 2.10. The van der Waals surface area contributed by atoms with Crippen LogP contribution < -0.4 is 5.73 Å². The SMILES string of the molecule is NCCC1(c2ccccn2)SC=CS1. The Morgan fingerprint density at radius 2 is 2.07 bits per heavy atom. The van der Waals surface area contributed by atoms with Crippen LogP contribution in [0.25, 0.3) is 0 Å². The summed E-state index contributed by atoms with van der Waals surface area (Å²) in [6, 6.07) is 6.04. The number of hydrogen-bond donors (Lipinski definition) is 1. The van der Waals surface area contributed by atoms with Crippen LogP contribution in [0.3, 0.4) is 0 Å². The second-order valence-electron chi connectivity index (χ2n) is 3.01. The molecule has 0 fully saturated rings. The molecule has 14 heavy (non-hydrogen) atoms. The molecule has 1 aromatic rings. The zero-order valence-electron chi connectivity index (χ0n) is 7.72. The highest BCUT2D eigenvalue weighted by molar-refractivity contribution is 8.22. The third kappa shape index (κ3) is 1.82. The van der Waals surface area contributed by atoms with Crippen molar-refractivity contribution in [3.63, 3.8) is 0 Å². The number of hydrogen-bond acceptors (Lipinski definition) is 4. The molecule has 0 amide bonds. The summed E-state index contributed by atoms with van der Waals surface area (Å²) in [5, 5.41) is 4.24. The average molecular weight is 224 g/mol. The summed E-state index contributed by atoms with van der Waals surface area (Å²) in [5.74, 6) is 0. The van der Waals surface area contributed by atoms with Crippen LogP contribution in [-0.4, -0.2) is 11.5 Å². The monoisotopic (exact) mass is 224 g/mol. The Balaban J connectivity index is 2.28. The van der Waals surface area contributed by atoms with Crippen LogP contribution in [0.15, 0.2) is 35.2 Å². The zero-order chi connectivity index (χ0) is 9.86. The quantitative estimate of drug-likeness (QED) is 0.856. The minimum Gasteiger partial charge on any atom is -0.330 e. The van der Waals surface area contributed by atoms with E-state index in [1.165, 1.54) is 0 Å². The van der Waals surface area contributed by atoms with Gasteiger partial charge < -0.3 is 5.73 Å². The summed E-state index contributed by atoms with van der Waals surface area (Å²) in [4.78, 5) is 4.41. The average Bonchev–Trinajstić information content (AvgIpc) is 2.70. The molecule has 0 aliphatic carbocycles. The van der Waals surface area contributed by atoms with Gasteiger partial charge in [-0.15, -0.1) is 23.5 Å². The van der Waals surface area contributed by atoms with Crippen molar-refractivity contribution in [2.24, 2.45) is 5.73 Å². The van der Waals surface area contributed by atoms with Crippen LogP contribution in [-0.2, 0) is 4.08 Å². The van der Waals surface area contributed by atoms with Crippen molar-refractivity contribution in [2.45, 2.75) is 10.5 Å². The first kappa shape index (κ1) is 10.1. The van der Waals surface area contributed by atoms with Gasteiger partial charge in [-0.05, 0) is 35.9 Å². The van der Waals surface area contributed by atoms with Crippen LogP contribution in [0.1, 0.15) is 12.1 Å². The zero-order valence-corrected chi connectivity index (χ0v) is 9.35. The van der Waals surface area contributed by atoms with Gasteiger partial charge in [-0.3, -0.25) is 4.98 Å². The summed E-state index contributed by atoms with van der Waals surface area (Å²) in [6.45, 7) is 0.693. The molecule has 2 nitrogen and oxygen atoms in total. The van der Waals surface area contributed by atoms with E-state index in [1.807, 2.05) is 41.9 Å². The predicted molar refractivity (Wildman–Crippen MR) is 63.9 cm³/mol.